The maximum atomic E-state index is 12.9. The fraction of sp³-hybridized carbons (Fsp3) is 0.381. The van der Waals surface area contributed by atoms with E-state index in [1.165, 1.54) is 20.2 Å². The van der Waals surface area contributed by atoms with Crippen LogP contribution < -0.4 is 19.5 Å². The van der Waals surface area contributed by atoms with Crippen LogP contribution in [-0.4, -0.2) is 60.1 Å². The number of nitrogens with zero attached hydrogens (tertiary/aromatic N) is 1. The van der Waals surface area contributed by atoms with Crippen molar-refractivity contribution in [3.63, 3.8) is 0 Å². The SMILES string of the molecule is COc1ccc(CCNC(=O)CN(C)S(=O)(=O)c2cc(C)ccc2OC)cc1OC. The van der Waals surface area contributed by atoms with E-state index in [1.807, 2.05) is 12.1 Å². The number of carbonyl (C=O) groups excluding carboxylic acids is 1. The molecule has 0 unspecified atom stereocenters. The van der Waals surface area contributed by atoms with E-state index >= 15 is 0 Å². The van der Waals surface area contributed by atoms with Gasteiger partial charge in [-0.2, -0.15) is 4.31 Å². The summed E-state index contributed by atoms with van der Waals surface area (Å²) >= 11 is 0. The first-order valence-corrected chi connectivity index (χ1v) is 10.8. The number of hydrogen-bond donors (Lipinski definition) is 1. The lowest BCUT2D eigenvalue weighted by atomic mass is 10.1. The second kappa shape index (κ2) is 10.3. The van der Waals surface area contributed by atoms with E-state index in [0.29, 0.717) is 24.5 Å². The Kier molecular flexibility index (Phi) is 8.08. The summed E-state index contributed by atoms with van der Waals surface area (Å²) in [4.78, 5) is 12.3. The van der Waals surface area contributed by atoms with Crippen molar-refractivity contribution >= 4 is 15.9 Å². The highest BCUT2D eigenvalue weighted by Gasteiger charge is 2.26. The molecule has 0 fully saturated rings. The number of methoxy groups -OCH3 is 3. The van der Waals surface area contributed by atoms with E-state index in [4.69, 9.17) is 14.2 Å². The minimum atomic E-state index is -3.88. The summed E-state index contributed by atoms with van der Waals surface area (Å²) in [7, 11) is 2.02. The molecule has 2 rings (SSSR count). The number of carbonyl (C=O) groups is 1. The molecule has 30 heavy (non-hydrogen) atoms. The van der Waals surface area contributed by atoms with Crippen LogP contribution in [-0.2, 0) is 21.2 Å². The van der Waals surface area contributed by atoms with Crippen LogP contribution in [0.3, 0.4) is 0 Å². The molecular weight excluding hydrogens is 408 g/mol. The van der Waals surface area contributed by atoms with Crippen LogP contribution in [0, 0.1) is 6.92 Å². The van der Waals surface area contributed by atoms with Gasteiger partial charge in [0.2, 0.25) is 15.9 Å². The monoisotopic (exact) mass is 436 g/mol. The molecule has 8 nitrogen and oxygen atoms in total. The zero-order valence-corrected chi connectivity index (χ0v) is 18.7. The number of hydrogen-bond acceptors (Lipinski definition) is 6. The second-order valence-electron chi connectivity index (χ2n) is 6.70. The number of benzene rings is 2. The van der Waals surface area contributed by atoms with Gasteiger partial charge in [0, 0.05) is 13.6 Å². The number of amides is 1. The van der Waals surface area contributed by atoms with Crippen molar-refractivity contribution in [1.82, 2.24) is 9.62 Å². The summed E-state index contributed by atoms with van der Waals surface area (Å²) < 4.78 is 42.4. The Labute approximate surface area is 177 Å². The van der Waals surface area contributed by atoms with Gasteiger partial charge in [0.15, 0.2) is 11.5 Å². The number of likely N-dealkylation sites (N-methyl/N-ethyl adjacent to an activating group) is 1. The Hall–Kier alpha value is -2.78. The number of sulfonamides is 1. The predicted molar refractivity (Wildman–Crippen MR) is 114 cm³/mol. The van der Waals surface area contributed by atoms with Crippen LogP contribution in [0.5, 0.6) is 17.2 Å². The average molecular weight is 437 g/mol. The Morgan fingerprint density at radius 1 is 0.967 bits per heavy atom. The third-order valence-electron chi connectivity index (χ3n) is 4.56. The zero-order chi connectivity index (χ0) is 22.3. The maximum Gasteiger partial charge on any atom is 0.246 e. The molecule has 0 saturated heterocycles. The van der Waals surface area contributed by atoms with Crippen molar-refractivity contribution in [3.8, 4) is 17.2 Å². The fourth-order valence-electron chi connectivity index (χ4n) is 2.88. The van der Waals surface area contributed by atoms with E-state index in [1.54, 1.807) is 39.3 Å². The summed E-state index contributed by atoms with van der Waals surface area (Å²) in [5, 5.41) is 2.74. The molecular formula is C21H28N2O6S. The van der Waals surface area contributed by atoms with Gasteiger partial charge in [0.25, 0.3) is 0 Å². The van der Waals surface area contributed by atoms with E-state index < -0.39 is 15.9 Å². The second-order valence-corrected chi connectivity index (χ2v) is 8.72. The van der Waals surface area contributed by atoms with Crippen LogP contribution in [0.15, 0.2) is 41.3 Å². The molecule has 0 atom stereocenters. The molecule has 1 N–H and O–H groups in total. The highest BCUT2D eigenvalue weighted by atomic mass is 32.2. The van der Waals surface area contributed by atoms with Crippen LogP contribution in [0.1, 0.15) is 11.1 Å². The average Bonchev–Trinajstić information content (AvgIpc) is 2.73. The topological polar surface area (TPSA) is 94.2 Å². The normalized spacial score (nSPS) is 11.3. The molecule has 0 radical (unpaired) electrons. The summed E-state index contributed by atoms with van der Waals surface area (Å²) in [6.45, 7) is 1.85. The first-order valence-electron chi connectivity index (χ1n) is 9.31. The number of aryl methyl sites for hydroxylation is 1. The number of nitrogens with one attached hydrogen (secondary N) is 1. The molecule has 2 aromatic rings. The highest BCUT2D eigenvalue weighted by Crippen LogP contribution is 2.28. The lowest BCUT2D eigenvalue weighted by molar-refractivity contribution is -0.121. The van der Waals surface area contributed by atoms with Crippen molar-refractivity contribution in [1.29, 1.82) is 0 Å². The fourth-order valence-corrected chi connectivity index (χ4v) is 4.24. The van der Waals surface area contributed by atoms with Crippen molar-refractivity contribution in [3.05, 3.63) is 47.5 Å². The van der Waals surface area contributed by atoms with Crippen molar-refractivity contribution < 1.29 is 27.4 Å². The van der Waals surface area contributed by atoms with Crippen LogP contribution >= 0.6 is 0 Å². The van der Waals surface area contributed by atoms with Gasteiger partial charge >= 0.3 is 0 Å². The van der Waals surface area contributed by atoms with Crippen LogP contribution in [0.2, 0.25) is 0 Å². The molecule has 0 bridgehead atoms. The van der Waals surface area contributed by atoms with Crippen LogP contribution in [0.25, 0.3) is 0 Å². The largest absolute Gasteiger partial charge is 0.495 e. The van der Waals surface area contributed by atoms with E-state index in [9.17, 15) is 13.2 Å². The van der Waals surface area contributed by atoms with Crippen molar-refractivity contribution in [2.45, 2.75) is 18.2 Å². The molecule has 0 spiro atoms. The third-order valence-corrected chi connectivity index (χ3v) is 6.38. The molecule has 0 heterocycles. The minimum absolute atomic E-state index is 0.0330. The Balaban J connectivity index is 1.97. The first-order chi connectivity index (χ1) is 14.2. The standard InChI is InChI=1S/C21H28N2O6S/c1-15-6-8-18(28-4)20(12-15)30(25,26)23(2)14-21(24)22-11-10-16-7-9-17(27-3)19(13-16)29-5/h6-9,12-13H,10-11,14H2,1-5H3,(H,22,24). The Morgan fingerprint density at radius 2 is 1.60 bits per heavy atom. The van der Waals surface area contributed by atoms with Gasteiger partial charge in [-0.25, -0.2) is 8.42 Å². The molecule has 164 valence electrons. The number of rotatable bonds is 10. The Bertz CT molecular complexity index is 991. The summed E-state index contributed by atoms with van der Waals surface area (Å²) in [6, 6.07) is 10.4. The van der Waals surface area contributed by atoms with Gasteiger partial charge in [-0.3, -0.25) is 4.79 Å². The molecule has 0 aromatic heterocycles. The Morgan fingerprint density at radius 3 is 2.23 bits per heavy atom. The molecule has 0 aliphatic rings. The van der Waals surface area contributed by atoms with Crippen molar-refractivity contribution in [2.24, 2.45) is 0 Å². The number of ether oxygens (including phenoxy) is 3. The molecule has 0 aliphatic heterocycles. The van der Waals surface area contributed by atoms with Gasteiger partial charge < -0.3 is 19.5 Å². The molecule has 0 saturated carbocycles. The van der Waals surface area contributed by atoms with E-state index in [-0.39, 0.29) is 17.2 Å². The first kappa shape index (κ1) is 23.5. The van der Waals surface area contributed by atoms with Gasteiger partial charge in [-0.05, 0) is 48.7 Å². The molecule has 9 heteroatoms. The zero-order valence-electron chi connectivity index (χ0n) is 17.9. The molecule has 1 amide bonds. The molecule has 0 aliphatic carbocycles. The summed E-state index contributed by atoms with van der Waals surface area (Å²) in [6.07, 6.45) is 0.564. The quantitative estimate of drug-likeness (QED) is 0.612. The van der Waals surface area contributed by atoms with Gasteiger partial charge in [0.05, 0.1) is 27.9 Å². The third kappa shape index (κ3) is 5.64. The van der Waals surface area contributed by atoms with Gasteiger partial charge in [0.1, 0.15) is 10.6 Å². The van der Waals surface area contributed by atoms with Crippen LogP contribution in [0.4, 0.5) is 0 Å². The minimum Gasteiger partial charge on any atom is -0.495 e. The maximum absolute atomic E-state index is 12.9. The van der Waals surface area contributed by atoms with Gasteiger partial charge in [-0.15, -0.1) is 0 Å². The van der Waals surface area contributed by atoms with E-state index in [2.05, 4.69) is 5.32 Å². The predicted octanol–water partition coefficient (Wildman–Crippen LogP) is 2.00. The van der Waals surface area contributed by atoms with Crippen molar-refractivity contribution in [2.75, 3.05) is 41.5 Å². The molecule has 2 aromatic carbocycles. The summed E-state index contributed by atoms with van der Waals surface area (Å²) in [5.41, 5.74) is 1.74. The lowest BCUT2D eigenvalue weighted by Crippen LogP contribution is -2.39. The lowest BCUT2D eigenvalue weighted by Gasteiger charge is -2.19. The highest BCUT2D eigenvalue weighted by molar-refractivity contribution is 7.89. The van der Waals surface area contributed by atoms with E-state index in [0.717, 1.165) is 15.4 Å². The van der Waals surface area contributed by atoms with Gasteiger partial charge in [-0.1, -0.05) is 12.1 Å². The summed E-state index contributed by atoms with van der Waals surface area (Å²) in [5.74, 6) is 1.08. The smallest absolute Gasteiger partial charge is 0.246 e.